The van der Waals surface area contributed by atoms with Gasteiger partial charge < -0.3 is 14.9 Å². The molecule has 1 aromatic carbocycles. The van der Waals surface area contributed by atoms with Crippen LogP contribution in [-0.4, -0.2) is 52.6 Å². The van der Waals surface area contributed by atoms with Gasteiger partial charge in [-0.05, 0) is 43.5 Å². The van der Waals surface area contributed by atoms with E-state index in [1.54, 1.807) is 0 Å². The first-order valence-corrected chi connectivity index (χ1v) is 7.60. The van der Waals surface area contributed by atoms with Crippen molar-refractivity contribution in [3.05, 3.63) is 30.1 Å². The monoisotopic (exact) mass is 295 g/mol. The van der Waals surface area contributed by atoms with Gasteiger partial charge in [0.2, 0.25) is 0 Å². The zero-order valence-corrected chi connectivity index (χ0v) is 12.0. The highest BCUT2D eigenvalue weighted by atomic mass is 19.1. The SMILES string of the molecule is O[C@H]1CCN(C2CCC2)C[C@]1(O)COc1ccc(F)cc1. The van der Waals surface area contributed by atoms with Gasteiger partial charge in [-0.25, -0.2) is 4.39 Å². The van der Waals surface area contributed by atoms with Gasteiger partial charge in [-0.15, -0.1) is 0 Å². The zero-order chi connectivity index (χ0) is 14.9. The summed E-state index contributed by atoms with van der Waals surface area (Å²) in [5.41, 5.74) is -1.26. The van der Waals surface area contributed by atoms with Crippen molar-refractivity contribution in [2.24, 2.45) is 0 Å². The van der Waals surface area contributed by atoms with E-state index in [1.807, 2.05) is 0 Å². The molecule has 0 bridgehead atoms. The Morgan fingerprint density at radius 2 is 1.95 bits per heavy atom. The van der Waals surface area contributed by atoms with Gasteiger partial charge in [0.25, 0.3) is 0 Å². The van der Waals surface area contributed by atoms with Crippen molar-refractivity contribution in [1.82, 2.24) is 4.90 Å². The Morgan fingerprint density at radius 1 is 1.24 bits per heavy atom. The number of rotatable bonds is 4. The van der Waals surface area contributed by atoms with Gasteiger partial charge in [0.1, 0.15) is 23.8 Å². The maximum atomic E-state index is 12.9. The number of benzene rings is 1. The van der Waals surface area contributed by atoms with E-state index in [-0.39, 0.29) is 12.4 Å². The molecule has 1 aliphatic heterocycles. The number of ether oxygens (including phenoxy) is 1. The number of aliphatic hydroxyl groups is 2. The van der Waals surface area contributed by atoms with Gasteiger partial charge in [-0.1, -0.05) is 6.42 Å². The van der Waals surface area contributed by atoms with E-state index >= 15 is 0 Å². The summed E-state index contributed by atoms with van der Waals surface area (Å²) >= 11 is 0. The molecule has 3 rings (SSSR count). The fourth-order valence-electron chi connectivity index (χ4n) is 3.04. The van der Waals surface area contributed by atoms with Gasteiger partial charge in [0.15, 0.2) is 0 Å². The Hall–Kier alpha value is -1.17. The van der Waals surface area contributed by atoms with Crippen LogP contribution in [-0.2, 0) is 0 Å². The Bertz CT molecular complexity index is 477. The minimum Gasteiger partial charge on any atom is -0.490 e. The third kappa shape index (κ3) is 3.20. The quantitative estimate of drug-likeness (QED) is 0.885. The van der Waals surface area contributed by atoms with E-state index < -0.39 is 11.7 Å². The van der Waals surface area contributed by atoms with E-state index in [9.17, 15) is 14.6 Å². The summed E-state index contributed by atoms with van der Waals surface area (Å²) in [5, 5.41) is 20.8. The third-order valence-electron chi connectivity index (χ3n) is 4.68. The molecular formula is C16H22FNO3. The van der Waals surface area contributed by atoms with Crippen LogP contribution in [0.5, 0.6) is 5.75 Å². The van der Waals surface area contributed by atoms with Gasteiger partial charge in [-0.2, -0.15) is 0 Å². The molecule has 1 heterocycles. The van der Waals surface area contributed by atoms with Gasteiger partial charge >= 0.3 is 0 Å². The molecule has 2 fully saturated rings. The van der Waals surface area contributed by atoms with Crippen molar-refractivity contribution in [2.45, 2.75) is 43.4 Å². The average molecular weight is 295 g/mol. The highest BCUT2D eigenvalue weighted by Crippen LogP contribution is 2.31. The Balaban J connectivity index is 1.61. The number of hydrogen-bond acceptors (Lipinski definition) is 4. The van der Waals surface area contributed by atoms with E-state index in [0.717, 1.165) is 6.54 Å². The van der Waals surface area contributed by atoms with Crippen molar-refractivity contribution in [3.63, 3.8) is 0 Å². The molecule has 2 N–H and O–H groups in total. The topological polar surface area (TPSA) is 52.9 Å². The predicted octanol–water partition coefficient (Wildman–Crippen LogP) is 1.55. The first-order valence-electron chi connectivity index (χ1n) is 7.60. The lowest BCUT2D eigenvalue weighted by molar-refractivity contribution is -0.149. The van der Waals surface area contributed by atoms with Gasteiger partial charge in [-0.3, -0.25) is 4.90 Å². The summed E-state index contributed by atoms with van der Waals surface area (Å²) in [6.07, 6.45) is 3.36. The lowest BCUT2D eigenvalue weighted by Gasteiger charge is -2.47. The molecule has 1 aliphatic carbocycles. The van der Waals surface area contributed by atoms with Crippen molar-refractivity contribution in [1.29, 1.82) is 0 Å². The fraction of sp³-hybridized carbons (Fsp3) is 0.625. The maximum Gasteiger partial charge on any atom is 0.137 e. The van der Waals surface area contributed by atoms with Crippen LogP contribution in [0.3, 0.4) is 0 Å². The Kier molecular flexibility index (Phi) is 4.15. The highest BCUT2D eigenvalue weighted by molar-refractivity contribution is 5.22. The minimum absolute atomic E-state index is 0.0169. The molecule has 0 spiro atoms. The lowest BCUT2D eigenvalue weighted by Crippen LogP contribution is -2.62. The number of halogens is 1. The number of nitrogens with zero attached hydrogens (tertiary/aromatic N) is 1. The first-order chi connectivity index (χ1) is 10.1. The summed E-state index contributed by atoms with van der Waals surface area (Å²) in [5.74, 6) is 0.174. The molecule has 0 unspecified atom stereocenters. The summed E-state index contributed by atoms with van der Waals surface area (Å²) in [4.78, 5) is 2.25. The molecule has 5 heteroatoms. The zero-order valence-electron chi connectivity index (χ0n) is 12.0. The molecular weight excluding hydrogens is 273 g/mol. The van der Waals surface area contributed by atoms with Crippen molar-refractivity contribution in [3.8, 4) is 5.75 Å². The molecule has 1 saturated carbocycles. The number of aliphatic hydroxyl groups excluding tert-OH is 1. The normalized spacial score (nSPS) is 30.9. The third-order valence-corrected chi connectivity index (χ3v) is 4.68. The van der Waals surface area contributed by atoms with Gasteiger partial charge in [0, 0.05) is 19.1 Å². The largest absolute Gasteiger partial charge is 0.490 e. The predicted molar refractivity (Wildman–Crippen MR) is 76.7 cm³/mol. The highest BCUT2D eigenvalue weighted by Gasteiger charge is 2.44. The molecule has 1 saturated heterocycles. The molecule has 2 aliphatic rings. The van der Waals surface area contributed by atoms with E-state index in [4.69, 9.17) is 4.74 Å². The molecule has 4 nitrogen and oxygen atoms in total. The van der Waals surface area contributed by atoms with Crippen LogP contribution in [0.2, 0.25) is 0 Å². The van der Waals surface area contributed by atoms with Crippen LogP contribution in [0.4, 0.5) is 4.39 Å². The van der Waals surface area contributed by atoms with E-state index in [0.29, 0.717) is 24.8 Å². The Labute approximate surface area is 124 Å². The van der Waals surface area contributed by atoms with Crippen LogP contribution in [0, 0.1) is 5.82 Å². The smallest absolute Gasteiger partial charge is 0.137 e. The average Bonchev–Trinajstić information content (AvgIpc) is 2.41. The van der Waals surface area contributed by atoms with Crippen LogP contribution in [0.25, 0.3) is 0 Å². The van der Waals surface area contributed by atoms with Crippen molar-refractivity contribution in [2.75, 3.05) is 19.7 Å². The maximum absolute atomic E-state index is 12.9. The Morgan fingerprint density at radius 3 is 2.57 bits per heavy atom. The van der Waals surface area contributed by atoms with Crippen LogP contribution >= 0.6 is 0 Å². The first kappa shape index (κ1) is 14.8. The molecule has 0 aromatic heterocycles. The second-order valence-corrected chi connectivity index (χ2v) is 6.21. The summed E-state index contributed by atoms with van der Waals surface area (Å²) < 4.78 is 18.4. The standard InChI is InChI=1S/C16H22FNO3/c17-12-4-6-14(7-5-12)21-11-16(20)10-18(9-8-15(16)19)13-2-1-3-13/h4-7,13,15,19-20H,1-3,8-11H2/t15-,16-/m0/s1. The van der Waals surface area contributed by atoms with E-state index in [1.165, 1.54) is 43.5 Å². The second kappa shape index (κ2) is 5.91. The lowest BCUT2D eigenvalue weighted by atomic mass is 9.85. The van der Waals surface area contributed by atoms with Crippen LogP contribution < -0.4 is 4.74 Å². The minimum atomic E-state index is -1.26. The molecule has 0 amide bonds. The summed E-state index contributed by atoms with van der Waals surface area (Å²) in [6.45, 7) is 1.27. The van der Waals surface area contributed by atoms with Crippen molar-refractivity contribution < 1.29 is 19.3 Å². The molecule has 2 atom stereocenters. The molecule has 0 radical (unpaired) electrons. The summed E-state index contributed by atoms with van der Waals surface area (Å²) in [6, 6.07) is 6.22. The van der Waals surface area contributed by atoms with E-state index in [2.05, 4.69) is 4.90 Å². The van der Waals surface area contributed by atoms with Crippen LogP contribution in [0.15, 0.2) is 24.3 Å². The molecule has 1 aromatic rings. The number of likely N-dealkylation sites (tertiary alicyclic amines) is 1. The molecule has 21 heavy (non-hydrogen) atoms. The summed E-state index contributed by atoms with van der Waals surface area (Å²) in [7, 11) is 0. The number of hydrogen-bond donors (Lipinski definition) is 2. The fourth-order valence-corrected chi connectivity index (χ4v) is 3.04. The number of piperidine rings is 1. The number of β-amino-alcohol motifs (C(OH)–C–C–N with tert-alkyl or cyclic N) is 1. The second-order valence-electron chi connectivity index (χ2n) is 6.21. The van der Waals surface area contributed by atoms with Crippen LogP contribution in [0.1, 0.15) is 25.7 Å². The van der Waals surface area contributed by atoms with Crippen molar-refractivity contribution >= 4 is 0 Å². The van der Waals surface area contributed by atoms with Gasteiger partial charge in [0.05, 0.1) is 6.10 Å². The molecule has 116 valence electrons.